The van der Waals surface area contributed by atoms with E-state index in [9.17, 15) is 4.79 Å². The molecule has 0 saturated carbocycles. The van der Waals surface area contributed by atoms with E-state index in [0.717, 1.165) is 24.2 Å². The fourth-order valence-corrected chi connectivity index (χ4v) is 3.11. The van der Waals surface area contributed by atoms with Crippen molar-refractivity contribution in [3.63, 3.8) is 0 Å². The standard InChI is InChI=1S/C16H23N3O2/c1-11(9-12-5-3-2-4-8-17-12)18-13-6-7-15-14(10-13)19-16(20)21-15/h6-7,10-12,17-18H,2-5,8-9H2,1H3,(H,19,20). The second kappa shape index (κ2) is 6.35. The van der Waals surface area contributed by atoms with Crippen molar-refractivity contribution in [2.75, 3.05) is 11.9 Å². The van der Waals surface area contributed by atoms with E-state index in [1.807, 2.05) is 18.2 Å². The van der Waals surface area contributed by atoms with Crippen molar-refractivity contribution >= 4 is 16.8 Å². The Kier molecular flexibility index (Phi) is 4.29. The number of nitrogens with one attached hydrogen (secondary N) is 3. The Morgan fingerprint density at radius 1 is 1.38 bits per heavy atom. The van der Waals surface area contributed by atoms with Crippen LogP contribution in [0.2, 0.25) is 0 Å². The molecule has 5 nitrogen and oxygen atoms in total. The minimum absolute atomic E-state index is 0.386. The van der Waals surface area contributed by atoms with Gasteiger partial charge in [0.1, 0.15) is 0 Å². The highest BCUT2D eigenvalue weighted by atomic mass is 16.4. The van der Waals surface area contributed by atoms with Gasteiger partial charge in [0.2, 0.25) is 0 Å². The van der Waals surface area contributed by atoms with Crippen LogP contribution in [0.1, 0.15) is 39.0 Å². The van der Waals surface area contributed by atoms with Crippen LogP contribution < -0.4 is 16.4 Å². The van der Waals surface area contributed by atoms with Crippen LogP contribution in [-0.4, -0.2) is 23.6 Å². The van der Waals surface area contributed by atoms with E-state index in [1.54, 1.807) is 0 Å². The van der Waals surface area contributed by atoms with Gasteiger partial charge in [-0.2, -0.15) is 0 Å². The van der Waals surface area contributed by atoms with Crippen molar-refractivity contribution in [3.8, 4) is 0 Å². The predicted octanol–water partition coefficient (Wildman–Crippen LogP) is 2.84. The van der Waals surface area contributed by atoms with E-state index in [-0.39, 0.29) is 0 Å². The molecule has 1 fully saturated rings. The third kappa shape index (κ3) is 3.67. The number of hydrogen-bond donors (Lipinski definition) is 3. The number of oxazole rings is 1. The van der Waals surface area contributed by atoms with Crippen LogP contribution in [0.5, 0.6) is 0 Å². The first-order valence-electron chi connectivity index (χ1n) is 7.83. The van der Waals surface area contributed by atoms with Gasteiger partial charge in [0, 0.05) is 17.8 Å². The summed E-state index contributed by atoms with van der Waals surface area (Å²) in [5.74, 6) is -0.405. The van der Waals surface area contributed by atoms with Gasteiger partial charge >= 0.3 is 5.76 Å². The Morgan fingerprint density at radius 2 is 2.29 bits per heavy atom. The van der Waals surface area contributed by atoms with Gasteiger partial charge in [0.25, 0.3) is 0 Å². The zero-order valence-corrected chi connectivity index (χ0v) is 12.4. The first-order chi connectivity index (χ1) is 10.2. The molecule has 2 unspecified atom stereocenters. The van der Waals surface area contributed by atoms with Gasteiger partial charge in [-0.3, -0.25) is 4.98 Å². The lowest BCUT2D eigenvalue weighted by atomic mass is 10.0. The summed E-state index contributed by atoms with van der Waals surface area (Å²) in [5, 5.41) is 7.14. The number of benzene rings is 1. The summed E-state index contributed by atoms with van der Waals surface area (Å²) in [4.78, 5) is 13.9. The molecule has 2 atom stereocenters. The highest BCUT2D eigenvalue weighted by Gasteiger charge is 2.15. The van der Waals surface area contributed by atoms with Crippen LogP contribution in [0.15, 0.2) is 27.4 Å². The molecule has 3 rings (SSSR count). The Labute approximate surface area is 124 Å². The van der Waals surface area contributed by atoms with Crippen molar-refractivity contribution in [2.45, 2.75) is 51.1 Å². The van der Waals surface area contributed by atoms with Gasteiger partial charge in [0.15, 0.2) is 5.58 Å². The summed E-state index contributed by atoms with van der Waals surface area (Å²) >= 11 is 0. The van der Waals surface area contributed by atoms with Gasteiger partial charge in [-0.15, -0.1) is 0 Å². The predicted molar refractivity (Wildman–Crippen MR) is 84.8 cm³/mol. The van der Waals surface area contributed by atoms with Crippen LogP contribution in [-0.2, 0) is 0 Å². The number of aromatic amines is 1. The third-order valence-electron chi connectivity index (χ3n) is 4.13. The average Bonchev–Trinajstić information content (AvgIpc) is 2.64. The summed E-state index contributed by atoms with van der Waals surface area (Å²) in [6.07, 6.45) is 6.34. The van der Waals surface area contributed by atoms with Gasteiger partial charge in [-0.05, 0) is 50.9 Å². The van der Waals surface area contributed by atoms with Gasteiger partial charge < -0.3 is 15.1 Å². The van der Waals surface area contributed by atoms with Crippen LogP contribution in [0, 0.1) is 0 Å². The number of rotatable bonds is 4. The SMILES string of the molecule is CC(CC1CCCCCN1)Nc1ccc2oc(=O)[nH]c2c1. The highest BCUT2D eigenvalue weighted by Crippen LogP contribution is 2.19. The normalized spacial score (nSPS) is 21.1. The molecule has 1 aromatic carbocycles. The zero-order valence-electron chi connectivity index (χ0n) is 12.4. The molecule has 2 aromatic rings. The van der Waals surface area contributed by atoms with Crippen LogP contribution in [0.3, 0.4) is 0 Å². The first kappa shape index (κ1) is 14.2. The molecule has 1 aliphatic rings. The Morgan fingerprint density at radius 3 is 3.19 bits per heavy atom. The molecule has 21 heavy (non-hydrogen) atoms. The molecule has 1 aliphatic heterocycles. The van der Waals surface area contributed by atoms with Crippen molar-refractivity contribution in [3.05, 3.63) is 28.7 Å². The lowest BCUT2D eigenvalue weighted by Gasteiger charge is -2.22. The first-order valence-corrected chi connectivity index (χ1v) is 7.83. The lowest BCUT2D eigenvalue weighted by Crippen LogP contribution is -2.33. The molecule has 5 heteroatoms. The van der Waals surface area contributed by atoms with Crippen molar-refractivity contribution in [2.24, 2.45) is 0 Å². The smallest absolute Gasteiger partial charge is 0.408 e. The van der Waals surface area contributed by atoms with E-state index >= 15 is 0 Å². The van der Waals surface area contributed by atoms with Gasteiger partial charge in [-0.1, -0.05) is 12.8 Å². The maximum Gasteiger partial charge on any atom is 0.417 e. The maximum atomic E-state index is 11.2. The monoisotopic (exact) mass is 289 g/mol. The molecular weight excluding hydrogens is 266 g/mol. The van der Waals surface area contributed by atoms with Crippen LogP contribution in [0.25, 0.3) is 11.1 Å². The van der Waals surface area contributed by atoms with Gasteiger partial charge in [0.05, 0.1) is 5.52 Å². The molecular formula is C16H23N3O2. The molecule has 2 heterocycles. The van der Waals surface area contributed by atoms with Crippen molar-refractivity contribution < 1.29 is 4.42 Å². The Bertz CT molecular complexity index is 638. The fraction of sp³-hybridized carbons (Fsp3) is 0.562. The van der Waals surface area contributed by atoms with Gasteiger partial charge in [-0.25, -0.2) is 4.79 Å². The highest BCUT2D eigenvalue weighted by molar-refractivity contribution is 5.76. The van der Waals surface area contributed by atoms with E-state index in [1.165, 1.54) is 25.7 Å². The summed E-state index contributed by atoms with van der Waals surface area (Å²) in [6.45, 7) is 3.34. The maximum absolute atomic E-state index is 11.2. The topological polar surface area (TPSA) is 70.1 Å². The number of fused-ring (bicyclic) bond motifs is 1. The Balaban J connectivity index is 1.62. The molecule has 0 aliphatic carbocycles. The molecule has 1 aromatic heterocycles. The van der Waals surface area contributed by atoms with Crippen molar-refractivity contribution in [1.82, 2.24) is 10.3 Å². The summed E-state index contributed by atoms with van der Waals surface area (Å²) in [7, 11) is 0. The lowest BCUT2D eigenvalue weighted by molar-refractivity contribution is 0.456. The van der Waals surface area contributed by atoms with Crippen LogP contribution >= 0.6 is 0 Å². The number of hydrogen-bond acceptors (Lipinski definition) is 4. The summed E-state index contributed by atoms with van der Waals surface area (Å²) in [5.41, 5.74) is 2.36. The minimum Gasteiger partial charge on any atom is -0.408 e. The summed E-state index contributed by atoms with van der Waals surface area (Å²) < 4.78 is 5.01. The molecule has 0 spiro atoms. The second-order valence-corrected chi connectivity index (χ2v) is 6.01. The fourth-order valence-electron chi connectivity index (χ4n) is 3.11. The van der Waals surface area contributed by atoms with E-state index < -0.39 is 5.76 Å². The number of H-pyrrole nitrogens is 1. The molecule has 114 valence electrons. The average molecular weight is 289 g/mol. The quantitative estimate of drug-likeness (QED) is 0.809. The van der Waals surface area contributed by atoms with Crippen molar-refractivity contribution in [1.29, 1.82) is 0 Å². The van der Waals surface area contributed by atoms with E-state index in [0.29, 0.717) is 17.7 Å². The Hall–Kier alpha value is -1.75. The second-order valence-electron chi connectivity index (χ2n) is 6.01. The molecule has 1 saturated heterocycles. The van der Waals surface area contributed by atoms with Crippen LogP contribution in [0.4, 0.5) is 5.69 Å². The van der Waals surface area contributed by atoms with E-state index in [4.69, 9.17) is 4.42 Å². The third-order valence-corrected chi connectivity index (χ3v) is 4.13. The number of anilines is 1. The molecule has 0 amide bonds. The van der Waals surface area contributed by atoms with E-state index in [2.05, 4.69) is 22.5 Å². The molecule has 3 N–H and O–H groups in total. The minimum atomic E-state index is -0.405. The number of aromatic nitrogens is 1. The largest absolute Gasteiger partial charge is 0.417 e. The molecule has 0 bridgehead atoms. The molecule has 0 radical (unpaired) electrons. The summed E-state index contributed by atoms with van der Waals surface area (Å²) in [6, 6.07) is 6.70. The zero-order chi connectivity index (χ0) is 14.7.